The molecule has 0 spiro atoms. The molecule has 0 aromatic heterocycles. The summed E-state index contributed by atoms with van der Waals surface area (Å²) < 4.78 is 0. The van der Waals surface area contributed by atoms with Crippen molar-refractivity contribution < 1.29 is 5.11 Å². The maximum Gasteiger partial charge on any atom is 0.0674 e. The second-order valence-electron chi connectivity index (χ2n) is 5.19. The zero-order valence-corrected chi connectivity index (χ0v) is 10.2. The monoisotopic (exact) mass is 215 g/mol. The molecular formula is C11H25N3O. The molecule has 90 valence electrons. The van der Waals surface area contributed by atoms with E-state index in [1.807, 2.05) is 0 Å². The molecule has 0 aromatic carbocycles. The number of likely N-dealkylation sites (N-methyl/N-ethyl adjacent to an activating group) is 1. The van der Waals surface area contributed by atoms with Crippen LogP contribution in [-0.4, -0.2) is 66.3 Å². The number of hydrogen-bond donors (Lipinski definition) is 2. The summed E-state index contributed by atoms with van der Waals surface area (Å²) in [6.07, 6.45) is 0.448. The summed E-state index contributed by atoms with van der Waals surface area (Å²) in [5.74, 6) is 0. The fraction of sp³-hybridized carbons (Fsp3) is 1.00. The van der Waals surface area contributed by atoms with Crippen molar-refractivity contribution in [3.63, 3.8) is 0 Å². The maximum absolute atomic E-state index is 9.41. The molecule has 0 aliphatic carbocycles. The van der Waals surface area contributed by atoms with Gasteiger partial charge in [-0.1, -0.05) is 0 Å². The number of rotatable bonds is 4. The molecular weight excluding hydrogens is 190 g/mol. The molecule has 0 saturated carbocycles. The van der Waals surface area contributed by atoms with E-state index in [4.69, 9.17) is 5.73 Å². The van der Waals surface area contributed by atoms with Gasteiger partial charge in [0.2, 0.25) is 0 Å². The third-order valence-electron chi connectivity index (χ3n) is 3.45. The Balaban J connectivity index is 2.33. The Morgan fingerprint density at radius 3 is 2.60 bits per heavy atom. The van der Waals surface area contributed by atoms with E-state index < -0.39 is 0 Å². The van der Waals surface area contributed by atoms with Gasteiger partial charge in [0.05, 0.1) is 6.10 Å². The molecule has 3 N–H and O–H groups in total. The number of nitrogens with zero attached hydrogens (tertiary/aromatic N) is 2. The molecule has 0 bridgehead atoms. The third kappa shape index (κ3) is 3.72. The van der Waals surface area contributed by atoms with Crippen LogP contribution < -0.4 is 5.73 Å². The second kappa shape index (κ2) is 5.25. The fourth-order valence-electron chi connectivity index (χ4n) is 1.98. The molecule has 1 rings (SSSR count). The topological polar surface area (TPSA) is 52.7 Å². The highest BCUT2D eigenvalue weighted by Crippen LogP contribution is 2.18. The van der Waals surface area contributed by atoms with Crippen molar-refractivity contribution in [2.45, 2.75) is 31.9 Å². The average molecular weight is 215 g/mol. The van der Waals surface area contributed by atoms with E-state index >= 15 is 0 Å². The van der Waals surface area contributed by atoms with Gasteiger partial charge >= 0.3 is 0 Å². The van der Waals surface area contributed by atoms with Crippen molar-refractivity contribution in [2.24, 2.45) is 5.73 Å². The Morgan fingerprint density at radius 1 is 1.40 bits per heavy atom. The van der Waals surface area contributed by atoms with E-state index in [1.165, 1.54) is 0 Å². The quantitative estimate of drug-likeness (QED) is 0.677. The van der Waals surface area contributed by atoms with Gasteiger partial charge < -0.3 is 15.7 Å². The first-order chi connectivity index (χ1) is 6.95. The smallest absolute Gasteiger partial charge is 0.0674 e. The van der Waals surface area contributed by atoms with E-state index in [1.54, 1.807) is 0 Å². The van der Waals surface area contributed by atoms with E-state index in [0.29, 0.717) is 6.54 Å². The maximum atomic E-state index is 9.41. The zero-order valence-electron chi connectivity index (χ0n) is 10.2. The van der Waals surface area contributed by atoms with Gasteiger partial charge in [0.25, 0.3) is 0 Å². The van der Waals surface area contributed by atoms with Crippen LogP contribution in [0.2, 0.25) is 0 Å². The van der Waals surface area contributed by atoms with E-state index in [-0.39, 0.29) is 11.6 Å². The number of aliphatic hydroxyl groups is 1. The predicted octanol–water partition coefficient (Wildman–Crippen LogP) is -0.278. The molecule has 1 heterocycles. The molecule has 4 nitrogen and oxygen atoms in total. The molecule has 0 amide bonds. The summed E-state index contributed by atoms with van der Waals surface area (Å²) in [5.41, 5.74) is 5.63. The summed E-state index contributed by atoms with van der Waals surface area (Å²) in [4.78, 5) is 4.81. The third-order valence-corrected chi connectivity index (χ3v) is 3.45. The summed E-state index contributed by atoms with van der Waals surface area (Å²) in [6.45, 7) is 9.12. The van der Waals surface area contributed by atoms with Crippen LogP contribution in [0.4, 0.5) is 0 Å². The lowest BCUT2D eigenvalue weighted by atomic mass is 9.99. The van der Waals surface area contributed by atoms with Crippen LogP contribution in [0.3, 0.4) is 0 Å². The summed E-state index contributed by atoms with van der Waals surface area (Å²) >= 11 is 0. The van der Waals surface area contributed by atoms with Crippen molar-refractivity contribution in [3.05, 3.63) is 0 Å². The first-order valence-corrected chi connectivity index (χ1v) is 5.77. The summed E-state index contributed by atoms with van der Waals surface area (Å²) in [6, 6.07) is 0. The summed E-state index contributed by atoms with van der Waals surface area (Å²) in [7, 11) is 2.17. The Hall–Kier alpha value is -0.160. The van der Waals surface area contributed by atoms with Crippen LogP contribution in [0.5, 0.6) is 0 Å². The Kier molecular flexibility index (Phi) is 4.52. The van der Waals surface area contributed by atoms with Gasteiger partial charge in [0, 0.05) is 38.3 Å². The molecule has 1 fully saturated rings. The van der Waals surface area contributed by atoms with E-state index in [0.717, 1.165) is 32.6 Å². The molecule has 1 unspecified atom stereocenters. The van der Waals surface area contributed by atoms with Gasteiger partial charge in [-0.05, 0) is 27.3 Å². The number of aliphatic hydroxyl groups excluding tert-OH is 1. The van der Waals surface area contributed by atoms with Crippen LogP contribution in [0.25, 0.3) is 0 Å². The van der Waals surface area contributed by atoms with Gasteiger partial charge in [0.15, 0.2) is 0 Å². The van der Waals surface area contributed by atoms with Crippen LogP contribution in [0.15, 0.2) is 0 Å². The number of piperazine rings is 1. The highest BCUT2D eigenvalue weighted by molar-refractivity contribution is 4.88. The van der Waals surface area contributed by atoms with Crippen LogP contribution in [-0.2, 0) is 0 Å². The lowest BCUT2D eigenvalue weighted by molar-refractivity contribution is 0.0321. The van der Waals surface area contributed by atoms with E-state index in [2.05, 4.69) is 30.7 Å². The largest absolute Gasteiger partial charge is 0.392 e. The minimum atomic E-state index is -0.340. The van der Waals surface area contributed by atoms with Gasteiger partial charge in [0.1, 0.15) is 0 Å². The van der Waals surface area contributed by atoms with Crippen LogP contribution >= 0.6 is 0 Å². The van der Waals surface area contributed by atoms with Crippen LogP contribution in [0, 0.1) is 0 Å². The van der Waals surface area contributed by atoms with Gasteiger partial charge in [-0.15, -0.1) is 0 Å². The highest BCUT2D eigenvalue weighted by Gasteiger charge is 2.30. The van der Waals surface area contributed by atoms with Crippen molar-refractivity contribution in [2.75, 3.05) is 39.8 Å². The van der Waals surface area contributed by atoms with Gasteiger partial charge in [-0.25, -0.2) is 0 Å². The molecule has 15 heavy (non-hydrogen) atoms. The number of hydrogen-bond acceptors (Lipinski definition) is 4. The Bertz CT molecular complexity index is 196. The minimum absolute atomic E-state index is 0.242. The number of nitrogens with two attached hydrogens (primary N) is 1. The summed E-state index contributed by atoms with van der Waals surface area (Å²) in [5, 5.41) is 9.41. The molecule has 0 radical (unpaired) electrons. The lowest BCUT2D eigenvalue weighted by Crippen LogP contribution is -2.57. The van der Waals surface area contributed by atoms with Crippen molar-refractivity contribution in [1.82, 2.24) is 9.80 Å². The van der Waals surface area contributed by atoms with Crippen molar-refractivity contribution in [1.29, 1.82) is 0 Å². The van der Waals surface area contributed by atoms with Gasteiger partial charge in [-0.3, -0.25) is 4.90 Å². The Labute approximate surface area is 93.0 Å². The first kappa shape index (κ1) is 12.9. The Morgan fingerprint density at radius 2 is 2.07 bits per heavy atom. The molecule has 4 heteroatoms. The zero-order chi connectivity index (χ0) is 11.5. The van der Waals surface area contributed by atoms with E-state index in [9.17, 15) is 5.11 Å². The highest BCUT2D eigenvalue weighted by atomic mass is 16.3. The second-order valence-corrected chi connectivity index (χ2v) is 5.19. The lowest BCUT2D eigenvalue weighted by Gasteiger charge is -2.45. The molecule has 1 atom stereocenters. The predicted molar refractivity (Wildman–Crippen MR) is 62.8 cm³/mol. The van der Waals surface area contributed by atoms with Crippen LogP contribution in [0.1, 0.15) is 20.3 Å². The normalized spacial score (nSPS) is 25.4. The average Bonchev–Trinajstić information content (AvgIpc) is 2.19. The molecule has 1 aliphatic heterocycles. The molecule has 0 aromatic rings. The van der Waals surface area contributed by atoms with Crippen molar-refractivity contribution >= 4 is 0 Å². The standard InChI is InChI=1S/C11H25N3O/c1-11(2)9-14(7-6-13(11)3)5-4-10(15)8-12/h10,15H,4-9,12H2,1-3H3. The molecule has 1 saturated heterocycles. The minimum Gasteiger partial charge on any atom is -0.392 e. The first-order valence-electron chi connectivity index (χ1n) is 5.77. The molecule has 1 aliphatic rings. The van der Waals surface area contributed by atoms with Crippen molar-refractivity contribution in [3.8, 4) is 0 Å². The SMILES string of the molecule is CN1CCN(CCC(O)CN)CC1(C)C. The van der Waals surface area contributed by atoms with Gasteiger partial charge in [-0.2, -0.15) is 0 Å². The fourth-order valence-corrected chi connectivity index (χ4v) is 1.98.